The molecule has 0 radical (unpaired) electrons. The van der Waals surface area contributed by atoms with Crippen LogP contribution in [-0.4, -0.2) is 63.5 Å². The van der Waals surface area contributed by atoms with Crippen LogP contribution in [-0.2, 0) is 4.74 Å². The number of alkyl carbamates (subject to hydrolysis) is 1. The Balaban J connectivity index is 1.94. The summed E-state index contributed by atoms with van der Waals surface area (Å²) in [6.07, 6.45) is 1.21. The molecule has 1 saturated heterocycles. The number of amides is 2. The molecule has 8 nitrogen and oxygen atoms in total. The fourth-order valence-corrected chi connectivity index (χ4v) is 3.27. The predicted octanol–water partition coefficient (Wildman–Crippen LogP) is 3.09. The Bertz CT molecular complexity index is 695. The first-order chi connectivity index (χ1) is 13.7. The summed E-state index contributed by atoms with van der Waals surface area (Å²) in [6.45, 7) is 7.28. The zero-order chi connectivity index (χ0) is 21.6. The molecule has 2 rings (SSSR count). The molecule has 0 atom stereocenters. The molecule has 1 aliphatic rings. The molecule has 8 heteroatoms. The maximum absolute atomic E-state index is 12.9. The van der Waals surface area contributed by atoms with E-state index < -0.39 is 11.7 Å². The van der Waals surface area contributed by atoms with E-state index in [-0.39, 0.29) is 5.91 Å². The van der Waals surface area contributed by atoms with Crippen molar-refractivity contribution in [2.24, 2.45) is 5.92 Å². The van der Waals surface area contributed by atoms with Crippen molar-refractivity contribution < 1.29 is 28.5 Å². The number of carbonyl (C=O) groups is 2. The van der Waals surface area contributed by atoms with Crippen LogP contribution >= 0.6 is 0 Å². The van der Waals surface area contributed by atoms with E-state index >= 15 is 0 Å². The molecule has 1 aliphatic heterocycles. The van der Waals surface area contributed by atoms with Gasteiger partial charge in [0.1, 0.15) is 5.60 Å². The molecule has 1 aromatic carbocycles. The number of carbonyl (C=O) groups excluding carboxylic acids is 2. The van der Waals surface area contributed by atoms with Crippen LogP contribution in [0.2, 0.25) is 0 Å². The number of benzene rings is 1. The van der Waals surface area contributed by atoms with Crippen molar-refractivity contribution in [3.8, 4) is 17.2 Å². The number of likely N-dealkylation sites (tertiary alicyclic amines) is 1. The molecule has 1 heterocycles. The Hall–Kier alpha value is -2.64. The van der Waals surface area contributed by atoms with Crippen LogP contribution in [0.3, 0.4) is 0 Å². The monoisotopic (exact) mass is 408 g/mol. The van der Waals surface area contributed by atoms with E-state index in [1.165, 1.54) is 21.3 Å². The van der Waals surface area contributed by atoms with Crippen LogP contribution in [0.4, 0.5) is 4.79 Å². The van der Waals surface area contributed by atoms with Crippen LogP contribution in [0, 0.1) is 5.92 Å². The van der Waals surface area contributed by atoms with Gasteiger partial charge in [-0.3, -0.25) is 4.79 Å². The molecule has 1 fully saturated rings. The fourth-order valence-electron chi connectivity index (χ4n) is 3.27. The highest BCUT2D eigenvalue weighted by atomic mass is 16.6. The van der Waals surface area contributed by atoms with Crippen molar-refractivity contribution in [2.75, 3.05) is 41.0 Å². The second-order valence-corrected chi connectivity index (χ2v) is 8.03. The normalized spacial score (nSPS) is 14.9. The lowest BCUT2D eigenvalue weighted by Crippen LogP contribution is -2.42. The smallest absolute Gasteiger partial charge is 0.407 e. The number of rotatable bonds is 6. The minimum absolute atomic E-state index is 0.0807. The number of hydrogen-bond acceptors (Lipinski definition) is 6. The lowest BCUT2D eigenvalue weighted by molar-refractivity contribution is 0.0500. The minimum Gasteiger partial charge on any atom is -0.493 e. The number of ether oxygens (including phenoxy) is 4. The Kier molecular flexibility index (Phi) is 7.59. The maximum atomic E-state index is 12.9. The standard InChI is InChI=1S/C21H32N2O6/c1-21(2,3)29-20(25)22-13-14-7-9-23(10-8-14)19(24)15-11-16(26-4)18(28-6)17(12-15)27-5/h11-12,14H,7-10,13H2,1-6H3,(H,22,25). The highest BCUT2D eigenvalue weighted by molar-refractivity contribution is 5.95. The van der Waals surface area contributed by atoms with Gasteiger partial charge in [0.05, 0.1) is 21.3 Å². The van der Waals surface area contributed by atoms with Gasteiger partial charge in [-0.15, -0.1) is 0 Å². The largest absolute Gasteiger partial charge is 0.493 e. The van der Waals surface area contributed by atoms with E-state index in [1.807, 2.05) is 25.7 Å². The lowest BCUT2D eigenvalue weighted by Gasteiger charge is -2.32. The summed E-state index contributed by atoms with van der Waals surface area (Å²) >= 11 is 0. The third kappa shape index (κ3) is 6.17. The van der Waals surface area contributed by atoms with Crippen molar-refractivity contribution in [2.45, 2.75) is 39.2 Å². The van der Waals surface area contributed by atoms with Gasteiger partial charge < -0.3 is 29.2 Å². The topological polar surface area (TPSA) is 86.3 Å². The molecule has 162 valence electrons. The van der Waals surface area contributed by atoms with Gasteiger partial charge in [0.2, 0.25) is 5.75 Å². The first-order valence-corrected chi connectivity index (χ1v) is 9.74. The van der Waals surface area contributed by atoms with E-state index in [0.717, 1.165) is 12.8 Å². The molecule has 0 bridgehead atoms. The molecular weight excluding hydrogens is 376 g/mol. The van der Waals surface area contributed by atoms with Crippen molar-refractivity contribution in [3.05, 3.63) is 17.7 Å². The molecule has 2 amide bonds. The van der Waals surface area contributed by atoms with Gasteiger partial charge in [-0.05, 0) is 51.7 Å². The summed E-state index contributed by atoms with van der Waals surface area (Å²) in [7, 11) is 4.57. The van der Waals surface area contributed by atoms with Gasteiger partial charge in [0.15, 0.2) is 11.5 Å². The highest BCUT2D eigenvalue weighted by Gasteiger charge is 2.26. The van der Waals surface area contributed by atoms with Crippen LogP contribution in [0.5, 0.6) is 17.2 Å². The van der Waals surface area contributed by atoms with Crippen molar-refractivity contribution in [3.63, 3.8) is 0 Å². The van der Waals surface area contributed by atoms with E-state index in [1.54, 1.807) is 12.1 Å². The first kappa shape index (κ1) is 22.6. The van der Waals surface area contributed by atoms with Crippen LogP contribution in [0.25, 0.3) is 0 Å². The van der Waals surface area contributed by atoms with Gasteiger partial charge in [-0.1, -0.05) is 0 Å². The van der Waals surface area contributed by atoms with E-state index in [4.69, 9.17) is 18.9 Å². The Morgan fingerprint density at radius 1 is 1.03 bits per heavy atom. The predicted molar refractivity (Wildman–Crippen MR) is 109 cm³/mol. The Morgan fingerprint density at radius 2 is 1.59 bits per heavy atom. The number of nitrogens with one attached hydrogen (secondary N) is 1. The minimum atomic E-state index is -0.514. The molecular formula is C21H32N2O6. The Labute approximate surface area is 172 Å². The average molecular weight is 408 g/mol. The molecule has 0 unspecified atom stereocenters. The zero-order valence-electron chi connectivity index (χ0n) is 18.2. The summed E-state index contributed by atoms with van der Waals surface area (Å²) in [5, 5.41) is 2.82. The van der Waals surface area contributed by atoms with Crippen molar-refractivity contribution >= 4 is 12.0 Å². The SMILES string of the molecule is COc1cc(C(=O)N2CCC(CNC(=O)OC(C)(C)C)CC2)cc(OC)c1OC. The first-order valence-electron chi connectivity index (χ1n) is 9.74. The van der Waals surface area contributed by atoms with Crippen molar-refractivity contribution in [1.29, 1.82) is 0 Å². The third-order valence-corrected chi connectivity index (χ3v) is 4.75. The number of nitrogens with zero attached hydrogens (tertiary/aromatic N) is 1. The highest BCUT2D eigenvalue weighted by Crippen LogP contribution is 2.38. The van der Waals surface area contributed by atoms with E-state index in [0.29, 0.717) is 48.4 Å². The molecule has 0 spiro atoms. The summed E-state index contributed by atoms with van der Waals surface area (Å²) < 4.78 is 21.2. The molecule has 29 heavy (non-hydrogen) atoms. The van der Waals surface area contributed by atoms with Gasteiger partial charge in [-0.2, -0.15) is 0 Å². The molecule has 0 aromatic heterocycles. The number of hydrogen-bond donors (Lipinski definition) is 1. The second kappa shape index (κ2) is 9.71. The zero-order valence-corrected chi connectivity index (χ0v) is 18.2. The van der Waals surface area contributed by atoms with Crippen LogP contribution < -0.4 is 19.5 Å². The quantitative estimate of drug-likeness (QED) is 0.778. The number of methoxy groups -OCH3 is 3. The fraction of sp³-hybridized carbons (Fsp3) is 0.619. The lowest BCUT2D eigenvalue weighted by atomic mass is 9.96. The molecule has 1 N–H and O–H groups in total. The summed E-state index contributed by atoms with van der Waals surface area (Å²) in [6, 6.07) is 3.33. The van der Waals surface area contributed by atoms with Gasteiger partial charge >= 0.3 is 6.09 Å². The molecule has 0 aliphatic carbocycles. The summed E-state index contributed by atoms with van der Waals surface area (Å²) in [4.78, 5) is 26.6. The van der Waals surface area contributed by atoms with E-state index in [9.17, 15) is 9.59 Å². The second-order valence-electron chi connectivity index (χ2n) is 8.03. The van der Waals surface area contributed by atoms with Crippen molar-refractivity contribution in [1.82, 2.24) is 10.2 Å². The number of piperidine rings is 1. The summed E-state index contributed by atoms with van der Waals surface area (Å²) in [5.74, 6) is 1.59. The molecule has 0 saturated carbocycles. The summed E-state index contributed by atoms with van der Waals surface area (Å²) in [5.41, 5.74) is -0.0230. The Morgan fingerprint density at radius 3 is 2.03 bits per heavy atom. The van der Waals surface area contributed by atoms with Gasteiger partial charge in [0.25, 0.3) is 5.91 Å². The van der Waals surface area contributed by atoms with Crippen LogP contribution in [0.15, 0.2) is 12.1 Å². The maximum Gasteiger partial charge on any atom is 0.407 e. The van der Waals surface area contributed by atoms with E-state index in [2.05, 4.69) is 5.32 Å². The molecule has 1 aromatic rings. The third-order valence-electron chi connectivity index (χ3n) is 4.75. The van der Waals surface area contributed by atoms with Crippen LogP contribution in [0.1, 0.15) is 44.0 Å². The van der Waals surface area contributed by atoms with Gasteiger partial charge in [-0.25, -0.2) is 4.79 Å². The van der Waals surface area contributed by atoms with Gasteiger partial charge in [0, 0.05) is 25.2 Å². The average Bonchev–Trinajstić information content (AvgIpc) is 2.69.